The minimum atomic E-state index is -0.387. The third-order valence-corrected chi connectivity index (χ3v) is 3.69. The molecule has 0 spiro atoms. The lowest BCUT2D eigenvalue weighted by Crippen LogP contribution is -2.18. The van der Waals surface area contributed by atoms with E-state index in [4.69, 9.17) is 14.2 Å². The molecule has 0 unspecified atom stereocenters. The summed E-state index contributed by atoms with van der Waals surface area (Å²) < 4.78 is 16.8. The maximum atomic E-state index is 11.3. The molecule has 0 atom stereocenters. The standard InChI is InChI=1S/C14H19Br2NO4/c1-3-20-13(18)9-21-14-11(15)6-10(7-12(14)16)8-17-4-5-19-2/h6-7,17H,3-5,8-9H2,1-2H3. The molecule has 0 amide bonds. The van der Waals surface area contributed by atoms with Crippen molar-refractivity contribution >= 4 is 37.8 Å². The van der Waals surface area contributed by atoms with Crippen molar-refractivity contribution in [3.63, 3.8) is 0 Å². The van der Waals surface area contributed by atoms with Gasteiger partial charge in [-0.1, -0.05) is 0 Å². The van der Waals surface area contributed by atoms with E-state index in [9.17, 15) is 4.79 Å². The Morgan fingerprint density at radius 2 is 1.95 bits per heavy atom. The van der Waals surface area contributed by atoms with Crippen LogP contribution in [0.25, 0.3) is 0 Å². The third-order valence-electron chi connectivity index (χ3n) is 2.51. The van der Waals surface area contributed by atoms with Gasteiger partial charge in [-0.2, -0.15) is 0 Å². The number of esters is 1. The van der Waals surface area contributed by atoms with Crippen LogP contribution in [0, 0.1) is 0 Å². The van der Waals surface area contributed by atoms with Crippen molar-refractivity contribution in [2.75, 3.05) is 33.5 Å². The van der Waals surface area contributed by atoms with Crippen LogP contribution in [0.3, 0.4) is 0 Å². The van der Waals surface area contributed by atoms with Gasteiger partial charge in [0.05, 0.1) is 22.2 Å². The number of carbonyl (C=O) groups excluding carboxylic acids is 1. The molecule has 0 bridgehead atoms. The Balaban J connectivity index is 2.60. The zero-order valence-corrected chi connectivity index (χ0v) is 15.3. The summed E-state index contributed by atoms with van der Waals surface area (Å²) in [6, 6.07) is 3.90. The zero-order chi connectivity index (χ0) is 15.7. The molecule has 118 valence electrons. The normalized spacial score (nSPS) is 10.5. The summed E-state index contributed by atoms with van der Waals surface area (Å²) in [4.78, 5) is 11.3. The molecule has 0 saturated carbocycles. The number of rotatable bonds is 9. The van der Waals surface area contributed by atoms with E-state index in [1.165, 1.54) is 0 Å². The van der Waals surface area contributed by atoms with Gasteiger partial charge in [0, 0.05) is 20.2 Å². The first-order valence-corrected chi connectivity index (χ1v) is 8.13. The molecule has 0 fully saturated rings. The van der Waals surface area contributed by atoms with Crippen LogP contribution in [0.15, 0.2) is 21.1 Å². The number of hydrogen-bond acceptors (Lipinski definition) is 5. The van der Waals surface area contributed by atoms with Crippen LogP contribution < -0.4 is 10.1 Å². The number of hydrogen-bond donors (Lipinski definition) is 1. The molecule has 0 heterocycles. The average molecular weight is 425 g/mol. The van der Waals surface area contributed by atoms with Crippen LogP contribution in [-0.4, -0.2) is 39.4 Å². The van der Waals surface area contributed by atoms with E-state index in [2.05, 4.69) is 37.2 Å². The molecule has 7 heteroatoms. The first-order chi connectivity index (χ1) is 10.1. The highest BCUT2D eigenvalue weighted by atomic mass is 79.9. The SMILES string of the molecule is CCOC(=O)COc1c(Br)cc(CNCCOC)cc1Br. The smallest absolute Gasteiger partial charge is 0.344 e. The summed E-state index contributed by atoms with van der Waals surface area (Å²) >= 11 is 6.90. The minimum Gasteiger partial charge on any atom is -0.480 e. The van der Waals surface area contributed by atoms with Gasteiger partial charge in [0.1, 0.15) is 5.75 Å². The van der Waals surface area contributed by atoms with E-state index >= 15 is 0 Å². The first kappa shape index (κ1) is 18.4. The van der Waals surface area contributed by atoms with Crippen LogP contribution in [0.5, 0.6) is 5.75 Å². The molecule has 0 saturated heterocycles. The van der Waals surface area contributed by atoms with Gasteiger partial charge in [0.25, 0.3) is 0 Å². The maximum absolute atomic E-state index is 11.3. The Labute approximate surface area is 141 Å². The Bertz CT molecular complexity index is 445. The van der Waals surface area contributed by atoms with E-state index in [-0.39, 0.29) is 12.6 Å². The van der Waals surface area contributed by atoms with E-state index in [0.29, 0.717) is 19.0 Å². The second-order valence-electron chi connectivity index (χ2n) is 4.15. The van der Waals surface area contributed by atoms with Gasteiger partial charge in [-0.25, -0.2) is 4.79 Å². The van der Waals surface area contributed by atoms with Gasteiger partial charge in [-0.05, 0) is 56.5 Å². The van der Waals surface area contributed by atoms with Crippen molar-refractivity contribution in [3.05, 3.63) is 26.6 Å². The lowest BCUT2D eigenvalue weighted by Gasteiger charge is -2.12. The molecule has 0 aliphatic carbocycles. The molecule has 5 nitrogen and oxygen atoms in total. The van der Waals surface area contributed by atoms with Crippen molar-refractivity contribution in [2.45, 2.75) is 13.5 Å². The third kappa shape index (κ3) is 6.78. The Morgan fingerprint density at radius 1 is 1.29 bits per heavy atom. The highest BCUT2D eigenvalue weighted by Gasteiger charge is 2.11. The maximum Gasteiger partial charge on any atom is 0.344 e. The molecule has 0 radical (unpaired) electrons. The number of benzene rings is 1. The number of nitrogens with one attached hydrogen (secondary N) is 1. The highest BCUT2D eigenvalue weighted by Crippen LogP contribution is 2.34. The molecule has 1 N–H and O–H groups in total. The van der Waals surface area contributed by atoms with Crippen molar-refractivity contribution in [3.8, 4) is 5.75 Å². The summed E-state index contributed by atoms with van der Waals surface area (Å²) in [5.41, 5.74) is 1.09. The first-order valence-electron chi connectivity index (χ1n) is 6.54. The van der Waals surface area contributed by atoms with Crippen molar-refractivity contribution in [1.29, 1.82) is 0 Å². The largest absolute Gasteiger partial charge is 0.480 e. The van der Waals surface area contributed by atoms with Gasteiger partial charge in [0.2, 0.25) is 0 Å². The molecule has 1 rings (SSSR count). The number of ether oxygens (including phenoxy) is 3. The zero-order valence-electron chi connectivity index (χ0n) is 12.1. The van der Waals surface area contributed by atoms with Gasteiger partial charge >= 0.3 is 5.97 Å². The quantitative estimate of drug-likeness (QED) is 0.488. The molecule has 21 heavy (non-hydrogen) atoms. The fourth-order valence-electron chi connectivity index (χ4n) is 1.59. The monoisotopic (exact) mass is 423 g/mol. The molecular weight excluding hydrogens is 406 g/mol. The summed E-state index contributed by atoms with van der Waals surface area (Å²) in [7, 11) is 1.67. The number of methoxy groups -OCH3 is 1. The number of halogens is 2. The van der Waals surface area contributed by atoms with Crippen LogP contribution >= 0.6 is 31.9 Å². The van der Waals surface area contributed by atoms with Gasteiger partial charge < -0.3 is 19.5 Å². The van der Waals surface area contributed by atoms with Crippen molar-refractivity contribution in [2.24, 2.45) is 0 Å². The molecule has 0 aliphatic heterocycles. The highest BCUT2D eigenvalue weighted by molar-refractivity contribution is 9.11. The van der Waals surface area contributed by atoms with E-state index in [1.54, 1.807) is 14.0 Å². The predicted octanol–water partition coefficient (Wildman–Crippen LogP) is 2.89. The fourth-order valence-corrected chi connectivity index (χ4v) is 3.10. The van der Waals surface area contributed by atoms with Gasteiger partial charge in [0.15, 0.2) is 6.61 Å². The lowest BCUT2D eigenvalue weighted by molar-refractivity contribution is -0.145. The predicted molar refractivity (Wildman–Crippen MR) is 87.6 cm³/mol. The average Bonchev–Trinajstić information content (AvgIpc) is 2.43. The Kier molecular flexibility index (Phi) is 8.91. The number of carbonyl (C=O) groups is 1. The Hall–Kier alpha value is -0.630. The second-order valence-corrected chi connectivity index (χ2v) is 5.86. The van der Waals surface area contributed by atoms with Gasteiger partial charge in [-0.15, -0.1) is 0 Å². The summed E-state index contributed by atoms with van der Waals surface area (Å²) in [5, 5.41) is 3.26. The molecule has 1 aromatic carbocycles. The molecule has 0 aromatic heterocycles. The Morgan fingerprint density at radius 3 is 2.52 bits per heavy atom. The second kappa shape index (κ2) is 10.2. The van der Waals surface area contributed by atoms with Crippen LogP contribution in [0.4, 0.5) is 0 Å². The van der Waals surface area contributed by atoms with Crippen LogP contribution in [0.2, 0.25) is 0 Å². The lowest BCUT2D eigenvalue weighted by atomic mass is 10.2. The fraction of sp³-hybridized carbons (Fsp3) is 0.500. The van der Waals surface area contributed by atoms with E-state index in [1.807, 2.05) is 12.1 Å². The van der Waals surface area contributed by atoms with E-state index in [0.717, 1.165) is 27.6 Å². The van der Waals surface area contributed by atoms with Crippen molar-refractivity contribution < 1.29 is 19.0 Å². The van der Waals surface area contributed by atoms with Crippen LogP contribution in [-0.2, 0) is 20.8 Å². The van der Waals surface area contributed by atoms with Crippen LogP contribution in [0.1, 0.15) is 12.5 Å². The molecular formula is C14H19Br2NO4. The van der Waals surface area contributed by atoms with E-state index < -0.39 is 0 Å². The minimum absolute atomic E-state index is 0.115. The summed E-state index contributed by atoms with van der Waals surface area (Å²) in [6.45, 7) is 4.16. The topological polar surface area (TPSA) is 56.8 Å². The summed E-state index contributed by atoms with van der Waals surface area (Å²) in [5.74, 6) is 0.199. The summed E-state index contributed by atoms with van der Waals surface area (Å²) in [6.07, 6.45) is 0. The van der Waals surface area contributed by atoms with Gasteiger partial charge in [-0.3, -0.25) is 0 Å². The molecule has 1 aromatic rings. The molecule has 0 aliphatic rings. The van der Waals surface area contributed by atoms with Crippen molar-refractivity contribution in [1.82, 2.24) is 5.32 Å².